The van der Waals surface area contributed by atoms with Crippen molar-refractivity contribution in [2.75, 3.05) is 4.90 Å². The van der Waals surface area contributed by atoms with Crippen LogP contribution in [0.5, 0.6) is 0 Å². The maximum atomic E-state index is 13.0. The SMILES string of the molecule is CC(=O)C1C(=O)C(=O)N(c2ccc3nc[nH]c3c2)C1c1ccnc2ccccc12. The van der Waals surface area contributed by atoms with E-state index in [1.54, 1.807) is 36.8 Å². The van der Waals surface area contributed by atoms with E-state index < -0.39 is 23.7 Å². The van der Waals surface area contributed by atoms with Gasteiger partial charge in [-0.3, -0.25) is 24.3 Å². The normalized spacial score (nSPS) is 19.4. The number of carbonyl (C=O) groups excluding carboxylic acids is 3. The molecule has 1 aliphatic rings. The molecule has 4 aromatic rings. The molecule has 0 saturated carbocycles. The maximum absolute atomic E-state index is 13.0. The zero-order valence-corrected chi connectivity index (χ0v) is 15.5. The molecule has 1 saturated heterocycles. The fourth-order valence-electron chi connectivity index (χ4n) is 4.12. The van der Waals surface area contributed by atoms with Crippen LogP contribution in [0.2, 0.25) is 0 Å². The minimum Gasteiger partial charge on any atom is -0.345 e. The molecule has 2 aromatic heterocycles. The van der Waals surface area contributed by atoms with Gasteiger partial charge in [0.2, 0.25) is 5.78 Å². The largest absolute Gasteiger partial charge is 0.345 e. The molecule has 0 spiro atoms. The maximum Gasteiger partial charge on any atom is 0.295 e. The van der Waals surface area contributed by atoms with E-state index in [1.165, 1.54) is 11.8 Å². The molecule has 5 rings (SSSR count). The van der Waals surface area contributed by atoms with Gasteiger partial charge < -0.3 is 4.98 Å². The lowest BCUT2D eigenvalue weighted by atomic mass is 9.88. The molecule has 1 fully saturated rings. The van der Waals surface area contributed by atoms with Gasteiger partial charge in [-0.15, -0.1) is 0 Å². The lowest BCUT2D eigenvalue weighted by Crippen LogP contribution is -2.30. The van der Waals surface area contributed by atoms with Crippen molar-refractivity contribution >= 4 is 45.1 Å². The van der Waals surface area contributed by atoms with E-state index in [4.69, 9.17) is 0 Å². The second-order valence-corrected chi connectivity index (χ2v) is 7.09. The number of amides is 1. The molecule has 1 aliphatic heterocycles. The Kier molecular flexibility index (Phi) is 3.77. The van der Waals surface area contributed by atoms with E-state index >= 15 is 0 Å². The number of para-hydroxylation sites is 1. The topological polar surface area (TPSA) is 96.0 Å². The Morgan fingerprint density at radius 2 is 1.86 bits per heavy atom. The molecule has 7 heteroatoms. The van der Waals surface area contributed by atoms with Gasteiger partial charge in [-0.1, -0.05) is 18.2 Å². The van der Waals surface area contributed by atoms with Crippen LogP contribution < -0.4 is 4.90 Å². The first kappa shape index (κ1) is 17.2. The number of hydrogen-bond acceptors (Lipinski definition) is 5. The molecule has 29 heavy (non-hydrogen) atoms. The Morgan fingerprint density at radius 1 is 1.03 bits per heavy atom. The number of rotatable bonds is 3. The Bertz CT molecular complexity index is 1300. The molecule has 7 nitrogen and oxygen atoms in total. The number of aromatic nitrogens is 3. The van der Waals surface area contributed by atoms with E-state index in [1.807, 2.05) is 24.3 Å². The summed E-state index contributed by atoms with van der Waals surface area (Å²) in [4.78, 5) is 51.3. The molecular formula is C22H16N4O3. The smallest absolute Gasteiger partial charge is 0.295 e. The highest BCUT2D eigenvalue weighted by molar-refractivity contribution is 6.48. The van der Waals surface area contributed by atoms with E-state index in [2.05, 4.69) is 15.0 Å². The number of nitrogens with one attached hydrogen (secondary N) is 1. The van der Waals surface area contributed by atoms with E-state index in [0.717, 1.165) is 27.5 Å². The number of carbonyl (C=O) groups is 3. The standard InChI is InChI=1S/C22H16N4O3/c1-12(27)19-20(15-8-9-23-16-5-3-2-4-14(15)16)26(22(29)21(19)28)13-6-7-17-18(10-13)25-11-24-17/h2-11,19-20H,1H3,(H,24,25). The lowest BCUT2D eigenvalue weighted by molar-refractivity contribution is -0.138. The first-order valence-electron chi connectivity index (χ1n) is 9.21. The minimum atomic E-state index is -1.06. The van der Waals surface area contributed by atoms with Crippen molar-refractivity contribution in [2.45, 2.75) is 13.0 Å². The minimum absolute atomic E-state index is 0.334. The fraction of sp³-hybridized carbons (Fsp3) is 0.136. The Hall–Kier alpha value is -3.87. The summed E-state index contributed by atoms with van der Waals surface area (Å²) in [5.41, 5.74) is 3.49. The van der Waals surface area contributed by atoms with E-state index in [9.17, 15) is 14.4 Å². The van der Waals surface area contributed by atoms with Crippen LogP contribution in [0.3, 0.4) is 0 Å². The zero-order valence-electron chi connectivity index (χ0n) is 15.5. The monoisotopic (exact) mass is 384 g/mol. The highest BCUT2D eigenvalue weighted by Gasteiger charge is 2.51. The van der Waals surface area contributed by atoms with Gasteiger partial charge in [0.05, 0.1) is 28.9 Å². The van der Waals surface area contributed by atoms with Gasteiger partial charge >= 0.3 is 0 Å². The number of imidazole rings is 1. The van der Waals surface area contributed by atoms with Crippen LogP contribution in [0.15, 0.2) is 61.1 Å². The predicted octanol–water partition coefficient (Wildman–Crippen LogP) is 2.97. The van der Waals surface area contributed by atoms with E-state index in [-0.39, 0.29) is 5.78 Å². The molecule has 1 amide bonds. The van der Waals surface area contributed by atoms with Crippen molar-refractivity contribution in [3.05, 3.63) is 66.6 Å². The third-order valence-corrected chi connectivity index (χ3v) is 5.43. The third kappa shape index (κ3) is 2.55. The number of nitrogens with zero attached hydrogens (tertiary/aromatic N) is 3. The van der Waals surface area contributed by atoms with Crippen LogP contribution in [0.25, 0.3) is 21.9 Å². The molecule has 142 valence electrons. The summed E-state index contributed by atoms with van der Waals surface area (Å²) in [5.74, 6) is -2.77. The highest BCUT2D eigenvalue weighted by Crippen LogP contribution is 2.42. The molecule has 0 bridgehead atoms. The summed E-state index contributed by atoms with van der Waals surface area (Å²) in [5, 5.41) is 0.807. The second kappa shape index (κ2) is 6.34. The van der Waals surface area contributed by atoms with Gasteiger partial charge in [0, 0.05) is 17.3 Å². The first-order chi connectivity index (χ1) is 14.1. The number of Topliss-reactive ketones (excluding diaryl/α,β-unsaturated/α-hetero) is 2. The Balaban J connectivity index is 1.76. The van der Waals surface area contributed by atoms with Crippen molar-refractivity contribution in [3.8, 4) is 0 Å². The van der Waals surface area contributed by atoms with Crippen molar-refractivity contribution in [1.29, 1.82) is 0 Å². The number of H-pyrrole nitrogens is 1. The average molecular weight is 384 g/mol. The van der Waals surface area contributed by atoms with Gasteiger partial charge in [-0.25, -0.2) is 4.98 Å². The van der Waals surface area contributed by atoms with Gasteiger partial charge in [0.1, 0.15) is 11.7 Å². The second-order valence-electron chi connectivity index (χ2n) is 7.09. The van der Waals surface area contributed by atoms with Crippen LogP contribution in [-0.2, 0) is 14.4 Å². The first-order valence-corrected chi connectivity index (χ1v) is 9.21. The van der Waals surface area contributed by atoms with Crippen LogP contribution in [0, 0.1) is 5.92 Å². The molecule has 0 aliphatic carbocycles. The molecule has 2 atom stereocenters. The zero-order chi connectivity index (χ0) is 20.1. The number of ketones is 2. The average Bonchev–Trinajstić information content (AvgIpc) is 3.29. The molecule has 1 N–H and O–H groups in total. The third-order valence-electron chi connectivity index (χ3n) is 5.43. The number of pyridine rings is 1. The number of hydrogen-bond donors (Lipinski definition) is 1. The van der Waals surface area contributed by atoms with Crippen molar-refractivity contribution in [2.24, 2.45) is 5.92 Å². The van der Waals surface area contributed by atoms with Crippen molar-refractivity contribution in [3.63, 3.8) is 0 Å². The summed E-state index contributed by atoms with van der Waals surface area (Å²) < 4.78 is 0. The molecule has 0 radical (unpaired) electrons. The summed E-state index contributed by atoms with van der Waals surface area (Å²) >= 11 is 0. The quantitative estimate of drug-likeness (QED) is 0.433. The number of benzene rings is 2. The number of fused-ring (bicyclic) bond motifs is 2. The van der Waals surface area contributed by atoms with Gasteiger partial charge in [-0.05, 0) is 42.8 Å². The van der Waals surface area contributed by atoms with Gasteiger partial charge in [0.15, 0.2) is 0 Å². The van der Waals surface area contributed by atoms with Crippen LogP contribution in [-0.4, -0.2) is 32.4 Å². The summed E-state index contributed by atoms with van der Waals surface area (Å²) in [7, 11) is 0. The number of anilines is 1. The van der Waals surface area contributed by atoms with E-state index in [0.29, 0.717) is 5.69 Å². The van der Waals surface area contributed by atoms with Crippen LogP contribution in [0.1, 0.15) is 18.5 Å². The van der Waals surface area contributed by atoms with Crippen molar-refractivity contribution < 1.29 is 14.4 Å². The molecular weight excluding hydrogens is 368 g/mol. The highest BCUT2D eigenvalue weighted by atomic mass is 16.2. The Labute approximate surface area is 165 Å². The van der Waals surface area contributed by atoms with Crippen molar-refractivity contribution in [1.82, 2.24) is 15.0 Å². The van der Waals surface area contributed by atoms with Gasteiger partial charge in [-0.2, -0.15) is 0 Å². The van der Waals surface area contributed by atoms with Crippen LogP contribution >= 0.6 is 0 Å². The molecule has 2 aromatic carbocycles. The summed E-state index contributed by atoms with van der Waals surface area (Å²) in [6, 6.07) is 13.8. The van der Waals surface area contributed by atoms with Gasteiger partial charge in [0.25, 0.3) is 5.91 Å². The summed E-state index contributed by atoms with van der Waals surface area (Å²) in [6.07, 6.45) is 3.20. The lowest BCUT2D eigenvalue weighted by Gasteiger charge is -2.27. The molecule has 2 unspecified atom stereocenters. The number of aromatic amines is 1. The molecule has 3 heterocycles. The Morgan fingerprint density at radius 3 is 2.69 bits per heavy atom. The van der Waals surface area contributed by atoms with Crippen LogP contribution in [0.4, 0.5) is 5.69 Å². The summed E-state index contributed by atoms with van der Waals surface area (Å²) in [6.45, 7) is 1.35. The fourth-order valence-corrected chi connectivity index (χ4v) is 4.12. The predicted molar refractivity (Wildman–Crippen MR) is 107 cm³/mol.